The van der Waals surface area contributed by atoms with Gasteiger partial charge in [0.1, 0.15) is 13.2 Å². The molecular weight excluding hydrogens is 1100 g/mol. The normalized spacial score (nSPS) is 14.0. The van der Waals surface area contributed by atoms with Gasteiger partial charge in [0.15, 0.2) is 6.10 Å². The third-order valence-corrected chi connectivity index (χ3v) is 13.5. The molecule has 9 nitrogen and oxygen atoms in total. The van der Waals surface area contributed by atoms with Crippen molar-refractivity contribution in [3.05, 3.63) is 207 Å². The van der Waals surface area contributed by atoms with Crippen LogP contribution in [-0.2, 0) is 33.3 Å². The van der Waals surface area contributed by atoms with Gasteiger partial charge in [-0.15, -0.1) is 0 Å². The molecule has 0 amide bonds. The molecule has 496 valence electrons. The van der Waals surface area contributed by atoms with Gasteiger partial charge in [-0.3, -0.25) is 9.59 Å². The molecule has 1 N–H and O–H groups in total. The molecule has 0 fully saturated rings. The van der Waals surface area contributed by atoms with Crippen molar-refractivity contribution in [2.24, 2.45) is 0 Å². The number of hydrogen-bond donors (Lipinski definition) is 1. The Labute approximate surface area is 544 Å². The van der Waals surface area contributed by atoms with Crippen LogP contribution < -0.4 is 0 Å². The highest BCUT2D eigenvalue weighted by Crippen LogP contribution is 2.14. The zero-order valence-electron chi connectivity index (χ0n) is 56.5. The van der Waals surface area contributed by atoms with Crippen molar-refractivity contribution in [1.82, 2.24) is 0 Å². The molecule has 0 radical (unpaired) electrons. The van der Waals surface area contributed by atoms with E-state index >= 15 is 0 Å². The molecule has 0 saturated heterocycles. The van der Waals surface area contributed by atoms with E-state index in [0.717, 1.165) is 154 Å². The number of esters is 2. The van der Waals surface area contributed by atoms with Crippen LogP contribution in [0.15, 0.2) is 207 Å². The van der Waals surface area contributed by atoms with Crippen molar-refractivity contribution in [3.63, 3.8) is 0 Å². The number of allylic oxidation sites excluding steroid dienone is 34. The van der Waals surface area contributed by atoms with Crippen molar-refractivity contribution in [1.29, 1.82) is 0 Å². The third-order valence-electron chi connectivity index (χ3n) is 13.5. The monoisotopic (exact) mass is 1230 g/mol. The van der Waals surface area contributed by atoms with Crippen LogP contribution in [-0.4, -0.2) is 87.4 Å². The van der Waals surface area contributed by atoms with Crippen LogP contribution in [0.4, 0.5) is 0 Å². The largest absolute Gasteiger partial charge is 0.477 e. The van der Waals surface area contributed by atoms with Crippen LogP contribution in [0.2, 0.25) is 0 Å². The van der Waals surface area contributed by atoms with E-state index in [1.807, 2.05) is 21.1 Å². The maximum Gasteiger partial charge on any atom is 0.361 e. The summed E-state index contributed by atoms with van der Waals surface area (Å²) in [7, 11) is 5.94. The molecule has 0 bridgehead atoms. The number of ether oxygens (including phenoxy) is 4. The van der Waals surface area contributed by atoms with Crippen LogP contribution in [0.25, 0.3) is 0 Å². The number of rotatable bonds is 60. The Morgan fingerprint density at radius 3 is 0.921 bits per heavy atom. The Kier molecular flexibility index (Phi) is 63.1. The molecule has 2 atom stereocenters. The SMILES string of the molecule is CC/C=C\C/C=C\C/C=C\C/C=C\C/C=C\C/C=C\C/C=C\C/C=C\C/C=C\C/C=C\CCCCC(=O)OC(COC(=O)CCCCCCCCCCC/C=C\C/C=C\C/C=C\C/C=C\C/C=C\C/C=C\C/C=C\CC)COC(OCC[N+](C)(C)C)C(=O)O. The van der Waals surface area contributed by atoms with Crippen LogP contribution in [0, 0.1) is 0 Å². The van der Waals surface area contributed by atoms with Gasteiger partial charge >= 0.3 is 17.9 Å². The number of hydrogen-bond acceptors (Lipinski definition) is 7. The van der Waals surface area contributed by atoms with Crippen LogP contribution in [0.1, 0.15) is 219 Å². The highest BCUT2D eigenvalue weighted by Gasteiger charge is 2.25. The second-order valence-electron chi connectivity index (χ2n) is 23.0. The number of carboxylic acid groups (broad SMARTS) is 1. The highest BCUT2D eigenvalue weighted by atomic mass is 16.7. The van der Waals surface area contributed by atoms with E-state index in [-0.39, 0.29) is 38.6 Å². The molecule has 0 aromatic carbocycles. The van der Waals surface area contributed by atoms with Gasteiger partial charge in [-0.2, -0.15) is 0 Å². The molecule has 0 rings (SSSR count). The van der Waals surface area contributed by atoms with Crippen LogP contribution in [0.3, 0.4) is 0 Å². The Bertz CT molecular complexity index is 2210. The number of nitrogens with zero attached hydrogens (tertiary/aromatic N) is 1. The van der Waals surface area contributed by atoms with Crippen molar-refractivity contribution in [2.75, 3.05) is 47.5 Å². The average Bonchev–Trinajstić information content (AvgIpc) is 3.64. The van der Waals surface area contributed by atoms with Gasteiger partial charge in [0, 0.05) is 12.8 Å². The first kappa shape index (κ1) is 82.9. The minimum Gasteiger partial charge on any atom is -0.477 e. The van der Waals surface area contributed by atoms with E-state index in [9.17, 15) is 19.5 Å². The maximum absolute atomic E-state index is 12.9. The lowest BCUT2D eigenvalue weighted by Crippen LogP contribution is -2.40. The molecule has 9 heteroatoms. The molecule has 2 unspecified atom stereocenters. The number of unbranched alkanes of at least 4 members (excludes halogenated alkanes) is 11. The fraction of sp³-hybridized carbons (Fsp3) is 0.537. The van der Waals surface area contributed by atoms with Crippen molar-refractivity contribution < 1.29 is 42.9 Å². The summed E-state index contributed by atoms with van der Waals surface area (Å²) in [5.41, 5.74) is 0. The predicted molar refractivity (Wildman–Crippen MR) is 382 cm³/mol. The van der Waals surface area contributed by atoms with Crippen molar-refractivity contribution in [3.8, 4) is 0 Å². The van der Waals surface area contributed by atoms with Gasteiger partial charge in [0.2, 0.25) is 0 Å². The quantitative estimate of drug-likeness (QED) is 0.0211. The number of aliphatic carboxylic acids is 1. The minimum atomic E-state index is -1.54. The summed E-state index contributed by atoms with van der Waals surface area (Å²) < 4.78 is 22.9. The minimum absolute atomic E-state index is 0.166. The lowest BCUT2D eigenvalue weighted by atomic mass is 10.1. The molecule has 0 aromatic heterocycles. The van der Waals surface area contributed by atoms with E-state index in [0.29, 0.717) is 17.4 Å². The molecule has 0 aliphatic rings. The Morgan fingerprint density at radius 2 is 0.607 bits per heavy atom. The second-order valence-corrected chi connectivity index (χ2v) is 23.0. The van der Waals surface area contributed by atoms with E-state index in [2.05, 4.69) is 220 Å². The summed E-state index contributed by atoms with van der Waals surface area (Å²) in [5, 5.41) is 9.74. The molecule has 89 heavy (non-hydrogen) atoms. The zero-order valence-corrected chi connectivity index (χ0v) is 56.5. The van der Waals surface area contributed by atoms with E-state index in [4.69, 9.17) is 18.9 Å². The maximum atomic E-state index is 12.9. The van der Waals surface area contributed by atoms with E-state index < -0.39 is 24.3 Å². The summed E-state index contributed by atoms with van der Waals surface area (Å²) in [5.74, 6) is -2.10. The molecule has 0 aliphatic heterocycles. The fourth-order valence-electron chi connectivity index (χ4n) is 8.37. The van der Waals surface area contributed by atoms with Gasteiger partial charge in [-0.1, -0.05) is 265 Å². The van der Waals surface area contributed by atoms with Crippen LogP contribution in [0.5, 0.6) is 0 Å². The average molecular weight is 1230 g/mol. The molecule has 0 heterocycles. The molecule has 0 spiro atoms. The molecular formula is C80H124NO8+. The van der Waals surface area contributed by atoms with Gasteiger partial charge < -0.3 is 28.5 Å². The fourth-order valence-corrected chi connectivity index (χ4v) is 8.37. The first-order chi connectivity index (χ1) is 43.6. The number of quaternary nitrogens is 1. The first-order valence-electron chi connectivity index (χ1n) is 34.2. The standard InChI is InChI=1S/C80H123NO8/c1-6-8-10-12-14-16-18-20-22-24-26-28-30-32-34-36-38-39-41-43-45-47-49-51-53-55-57-59-61-63-65-67-69-71-78(83)89-76(75-88-80(79(84)85)86-73-72-81(3,4)5)74-87-77(82)70-68-66-64-62-60-58-56-54-52-50-48-46-44-42-40-37-35-33-31-29-27-25-23-21-19-17-15-13-11-9-7-2/h8-11,14-17,20-23,26-29,32-35,38-40,42-43,45-46,48-49,51,55,57,61,63,76,80H,6-7,12-13,18-19,24-25,30-31,36-37,41,44,47,50,52-54,56,58-60,62,64-75H2,1-5H3/p+1/b10-8-,11-9-,16-14-,17-15-,22-20-,23-21-,28-26-,29-27-,34-32-,35-33-,39-38-,42-40-,45-43-,48-46-,51-49-,57-55-,63-61-. The lowest BCUT2D eigenvalue weighted by molar-refractivity contribution is -0.870. The topological polar surface area (TPSA) is 108 Å². The molecule has 0 aromatic rings. The number of likely N-dealkylation sites (N-methyl/N-ethyl adjacent to an activating group) is 1. The Morgan fingerprint density at radius 1 is 0.337 bits per heavy atom. The van der Waals surface area contributed by atoms with Gasteiger partial charge in [-0.25, -0.2) is 4.79 Å². The van der Waals surface area contributed by atoms with Gasteiger partial charge in [0.05, 0.1) is 34.4 Å². The van der Waals surface area contributed by atoms with Crippen LogP contribution >= 0.6 is 0 Å². The third kappa shape index (κ3) is 69.2. The number of carbonyl (C=O) groups is 3. The highest BCUT2D eigenvalue weighted by molar-refractivity contribution is 5.71. The summed E-state index contributed by atoms with van der Waals surface area (Å²) in [6, 6.07) is 0. The van der Waals surface area contributed by atoms with E-state index in [1.165, 1.54) is 32.1 Å². The lowest BCUT2D eigenvalue weighted by Gasteiger charge is -2.25. The summed E-state index contributed by atoms with van der Waals surface area (Å²) in [6.07, 6.45) is 104. The molecule has 0 aliphatic carbocycles. The number of carboxylic acids is 1. The van der Waals surface area contributed by atoms with Crippen molar-refractivity contribution >= 4 is 17.9 Å². The van der Waals surface area contributed by atoms with Crippen molar-refractivity contribution in [2.45, 2.75) is 232 Å². The zero-order chi connectivity index (χ0) is 64.7. The first-order valence-corrected chi connectivity index (χ1v) is 34.2. The predicted octanol–water partition coefficient (Wildman–Crippen LogP) is 21.6. The second kappa shape index (κ2) is 67.8. The smallest absolute Gasteiger partial charge is 0.361 e. The van der Waals surface area contributed by atoms with Gasteiger partial charge in [0.25, 0.3) is 6.29 Å². The van der Waals surface area contributed by atoms with Gasteiger partial charge in [-0.05, 0) is 148 Å². The summed E-state index contributed by atoms with van der Waals surface area (Å²) >= 11 is 0. The summed E-state index contributed by atoms with van der Waals surface area (Å²) in [4.78, 5) is 37.6. The molecule has 0 saturated carbocycles. The van der Waals surface area contributed by atoms with E-state index in [1.54, 1.807) is 0 Å². The Balaban J connectivity index is 4.33. The summed E-state index contributed by atoms with van der Waals surface area (Å²) in [6.45, 7) is 4.56. The Hall–Kier alpha value is -6.13. The number of carbonyl (C=O) groups excluding carboxylic acids is 2.